The Morgan fingerprint density at radius 3 is 2.55 bits per heavy atom. The van der Waals surface area contributed by atoms with Gasteiger partial charge in [0.05, 0.1) is 5.39 Å². The predicted molar refractivity (Wildman–Crippen MR) is 131 cm³/mol. The summed E-state index contributed by atoms with van der Waals surface area (Å²) in [4.78, 5) is 25.3. The number of carbonyl (C=O) groups is 1. The number of nitrogens with one attached hydrogen (secondary N) is 1. The molecule has 1 N–H and O–H groups in total. The van der Waals surface area contributed by atoms with Gasteiger partial charge < -0.3 is 4.42 Å². The standard InChI is InChI=1S/C26H25N3O3S/c1-15-12-16(2)23-20(13-15)21(30)14-22(32-23)17-8-10-18(11-9-17)24(31)27-26-29-28-25(33-26)19-6-4-3-5-7-19/h8-14,19H,3-7H2,1-2H3,(H,27,29,31). The van der Waals surface area contributed by atoms with E-state index in [2.05, 4.69) is 15.5 Å². The maximum atomic E-state index is 12.7. The highest BCUT2D eigenvalue weighted by atomic mass is 32.1. The van der Waals surface area contributed by atoms with E-state index in [1.807, 2.05) is 26.0 Å². The normalized spacial score (nSPS) is 14.5. The highest BCUT2D eigenvalue weighted by Crippen LogP contribution is 2.35. The fourth-order valence-electron chi connectivity index (χ4n) is 4.51. The number of fused-ring (bicyclic) bond motifs is 1. The fraction of sp³-hybridized carbons (Fsp3) is 0.308. The van der Waals surface area contributed by atoms with Crippen molar-refractivity contribution in [1.82, 2.24) is 10.2 Å². The summed E-state index contributed by atoms with van der Waals surface area (Å²) in [7, 11) is 0. The van der Waals surface area contributed by atoms with Gasteiger partial charge >= 0.3 is 0 Å². The SMILES string of the molecule is Cc1cc(C)c2oc(-c3ccc(C(=O)Nc4nnc(C5CCCCC5)s4)cc3)cc(=O)c2c1. The number of benzene rings is 2. The molecule has 7 heteroatoms. The van der Waals surface area contributed by atoms with Crippen LogP contribution in [0.3, 0.4) is 0 Å². The molecule has 0 spiro atoms. The third kappa shape index (κ3) is 4.46. The average molecular weight is 460 g/mol. The quantitative estimate of drug-likeness (QED) is 0.391. The summed E-state index contributed by atoms with van der Waals surface area (Å²) in [6.07, 6.45) is 6.04. The van der Waals surface area contributed by atoms with Crippen LogP contribution in [-0.2, 0) is 0 Å². The van der Waals surface area contributed by atoms with E-state index >= 15 is 0 Å². The van der Waals surface area contributed by atoms with Crippen LogP contribution in [0.25, 0.3) is 22.3 Å². The summed E-state index contributed by atoms with van der Waals surface area (Å²) in [6.45, 7) is 3.89. The Labute approximate surface area is 195 Å². The number of hydrogen-bond donors (Lipinski definition) is 1. The molecule has 33 heavy (non-hydrogen) atoms. The average Bonchev–Trinajstić information content (AvgIpc) is 3.29. The molecule has 1 aliphatic carbocycles. The molecule has 0 radical (unpaired) electrons. The Morgan fingerprint density at radius 2 is 1.79 bits per heavy atom. The molecule has 0 atom stereocenters. The monoisotopic (exact) mass is 459 g/mol. The number of anilines is 1. The number of amides is 1. The van der Waals surface area contributed by atoms with Crippen LogP contribution in [0.5, 0.6) is 0 Å². The minimum absolute atomic E-state index is 0.0788. The van der Waals surface area contributed by atoms with E-state index in [9.17, 15) is 9.59 Å². The first-order chi connectivity index (χ1) is 16.0. The Morgan fingerprint density at radius 1 is 1.03 bits per heavy atom. The van der Waals surface area contributed by atoms with Crippen LogP contribution in [0.2, 0.25) is 0 Å². The van der Waals surface area contributed by atoms with Crippen molar-refractivity contribution in [2.45, 2.75) is 51.9 Å². The van der Waals surface area contributed by atoms with Crippen LogP contribution < -0.4 is 10.7 Å². The first-order valence-electron chi connectivity index (χ1n) is 11.3. The van der Waals surface area contributed by atoms with Crippen molar-refractivity contribution < 1.29 is 9.21 Å². The van der Waals surface area contributed by atoms with Gasteiger partial charge in [0.1, 0.15) is 16.4 Å². The first-order valence-corrected chi connectivity index (χ1v) is 12.1. The van der Waals surface area contributed by atoms with E-state index in [1.165, 1.54) is 36.7 Å². The van der Waals surface area contributed by atoms with Crippen molar-refractivity contribution in [2.24, 2.45) is 0 Å². The topological polar surface area (TPSA) is 85.1 Å². The first kappa shape index (κ1) is 21.5. The van der Waals surface area contributed by atoms with Crippen LogP contribution in [0.4, 0.5) is 5.13 Å². The van der Waals surface area contributed by atoms with Crippen molar-refractivity contribution in [3.63, 3.8) is 0 Å². The molecule has 4 aromatic rings. The third-order valence-corrected chi connectivity index (χ3v) is 7.21. The smallest absolute Gasteiger partial charge is 0.257 e. The van der Waals surface area contributed by atoms with E-state index in [0.717, 1.165) is 34.5 Å². The Balaban J connectivity index is 1.34. The van der Waals surface area contributed by atoms with E-state index < -0.39 is 0 Å². The van der Waals surface area contributed by atoms with Gasteiger partial charge in [-0.1, -0.05) is 48.8 Å². The van der Waals surface area contributed by atoms with Gasteiger partial charge in [-0.15, -0.1) is 10.2 Å². The molecule has 0 bridgehead atoms. The number of carbonyl (C=O) groups excluding carboxylic acids is 1. The number of aryl methyl sites for hydroxylation is 2. The zero-order chi connectivity index (χ0) is 22.9. The summed E-state index contributed by atoms with van der Waals surface area (Å²) in [5.41, 5.74) is 3.70. The molecule has 2 aromatic heterocycles. The van der Waals surface area contributed by atoms with Crippen molar-refractivity contribution in [1.29, 1.82) is 0 Å². The minimum Gasteiger partial charge on any atom is -0.456 e. The number of nitrogens with zero attached hydrogens (tertiary/aromatic N) is 2. The second-order valence-electron chi connectivity index (χ2n) is 8.75. The van der Waals surface area contributed by atoms with Gasteiger partial charge in [0.2, 0.25) is 5.13 Å². The van der Waals surface area contributed by atoms with Crippen LogP contribution in [0, 0.1) is 13.8 Å². The molecule has 6 nitrogen and oxygen atoms in total. The summed E-state index contributed by atoms with van der Waals surface area (Å²) in [5, 5.41) is 13.4. The number of rotatable bonds is 4. The fourth-order valence-corrected chi connectivity index (χ4v) is 5.41. The summed E-state index contributed by atoms with van der Waals surface area (Å²) in [6, 6.07) is 12.4. The summed E-state index contributed by atoms with van der Waals surface area (Å²) in [5.74, 6) is 0.706. The summed E-state index contributed by atoms with van der Waals surface area (Å²) < 4.78 is 6.05. The van der Waals surface area contributed by atoms with E-state index in [4.69, 9.17) is 4.42 Å². The third-order valence-electron chi connectivity index (χ3n) is 6.21. The van der Waals surface area contributed by atoms with Gasteiger partial charge in [-0.25, -0.2) is 0 Å². The van der Waals surface area contributed by atoms with Crippen molar-refractivity contribution in [2.75, 3.05) is 5.32 Å². The summed E-state index contributed by atoms with van der Waals surface area (Å²) >= 11 is 1.46. The molecule has 168 valence electrons. The number of aromatic nitrogens is 2. The van der Waals surface area contributed by atoms with Crippen LogP contribution in [0.15, 0.2) is 51.7 Å². The molecule has 0 unspecified atom stereocenters. The van der Waals surface area contributed by atoms with Gasteiger partial charge in [0, 0.05) is 23.1 Å². The van der Waals surface area contributed by atoms with Crippen LogP contribution >= 0.6 is 11.3 Å². The Kier molecular flexibility index (Phi) is 5.81. The molecule has 5 rings (SSSR count). The van der Waals surface area contributed by atoms with Gasteiger partial charge in [0.25, 0.3) is 5.91 Å². The van der Waals surface area contributed by atoms with Gasteiger partial charge in [0.15, 0.2) is 5.43 Å². The molecular weight excluding hydrogens is 434 g/mol. The highest BCUT2D eigenvalue weighted by molar-refractivity contribution is 7.15. The van der Waals surface area contributed by atoms with Gasteiger partial charge in [-0.05, 0) is 56.0 Å². The van der Waals surface area contributed by atoms with Crippen LogP contribution in [0.1, 0.15) is 64.5 Å². The molecule has 0 saturated heterocycles. The van der Waals surface area contributed by atoms with Crippen molar-refractivity contribution in [3.05, 3.63) is 74.4 Å². The molecule has 1 saturated carbocycles. The van der Waals surface area contributed by atoms with Gasteiger partial charge in [-0.3, -0.25) is 14.9 Å². The molecule has 1 amide bonds. The maximum Gasteiger partial charge on any atom is 0.257 e. The second-order valence-corrected chi connectivity index (χ2v) is 9.75. The van der Waals surface area contributed by atoms with E-state index in [0.29, 0.717) is 33.3 Å². The van der Waals surface area contributed by atoms with Gasteiger partial charge in [-0.2, -0.15) is 0 Å². The second kappa shape index (κ2) is 8.90. The molecular formula is C26H25N3O3S. The lowest BCUT2D eigenvalue weighted by Crippen LogP contribution is -2.11. The van der Waals surface area contributed by atoms with Crippen molar-refractivity contribution in [3.8, 4) is 11.3 Å². The zero-order valence-electron chi connectivity index (χ0n) is 18.7. The lowest BCUT2D eigenvalue weighted by molar-refractivity contribution is 0.102. The maximum absolute atomic E-state index is 12.7. The predicted octanol–water partition coefficient (Wildman–Crippen LogP) is 6.23. The molecule has 2 heterocycles. The lowest BCUT2D eigenvalue weighted by Gasteiger charge is -2.18. The Bertz CT molecular complexity index is 1380. The number of hydrogen-bond acceptors (Lipinski definition) is 6. The molecule has 2 aromatic carbocycles. The van der Waals surface area contributed by atoms with E-state index in [1.54, 1.807) is 24.3 Å². The zero-order valence-corrected chi connectivity index (χ0v) is 19.5. The largest absolute Gasteiger partial charge is 0.456 e. The molecule has 1 aliphatic rings. The molecule has 1 fully saturated rings. The highest BCUT2D eigenvalue weighted by Gasteiger charge is 2.20. The lowest BCUT2D eigenvalue weighted by atomic mass is 9.90. The van der Waals surface area contributed by atoms with E-state index in [-0.39, 0.29) is 11.3 Å². The minimum atomic E-state index is -0.237. The molecule has 0 aliphatic heterocycles. The van der Waals surface area contributed by atoms with Crippen molar-refractivity contribution >= 4 is 33.3 Å². The van der Waals surface area contributed by atoms with Crippen LogP contribution in [-0.4, -0.2) is 16.1 Å². The Hall–Kier alpha value is -3.32.